The lowest BCUT2D eigenvalue weighted by molar-refractivity contribution is 0.604. The van der Waals surface area contributed by atoms with Crippen molar-refractivity contribution in [3.63, 3.8) is 0 Å². The summed E-state index contributed by atoms with van der Waals surface area (Å²) in [5, 5.41) is 3.08. The lowest BCUT2D eigenvalue weighted by Gasteiger charge is -2.27. The van der Waals surface area contributed by atoms with Crippen LogP contribution in [0.4, 0.5) is 16.2 Å². The molecule has 18 heavy (non-hydrogen) atoms. The molecular formula is C11H18FN5S. The second kappa shape index (κ2) is 5.71. The van der Waals surface area contributed by atoms with Gasteiger partial charge in [-0.2, -0.15) is 16.7 Å². The minimum absolute atomic E-state index is 0.202. The van der Waals surface area contributed by atoms with Gasteiger partial charge in [-0.1, -0.05) is 12.8 Å². The third-order valence-electron chi connectivity index (χ3n) is 3.40. The third kappa shape index (κ3) is 2.84. The van der Waals surface area contributed by atoms with Crippen molar-refractivity contribution in [1.82, 2.24) is 9.97 Å². The van der Waals surface area contributed by atoms with Gasteiger partial charge in [0.1, 0.15) is 0 Å². The Morgan fingerprint density at radius 2 is 2.22 bits per heavy atom. The van der Waals surface area contributed by atoms with Crippen LogP contribution in [0, 0.1) is 5.82 Å². The molecule has 0 spiro atoms. The molecule has 0 unspecified atom stereocenters. The van der Waals surface area contributed by atoms with E-state index in [1.54, 1.807) is 0 Å². The largest absolute Gasteiger partial charge is 0.366 e. The van der Waals surface area contributed by atoms with Gasteiger partial charge in [0.05, 0.1) is 6.20 Å². The molecule has 0 aliphatic heterocycles. The van der Waals surface area contributed by atoms with Crippen LogP contribution in [0.25, 0.3) is 0 Å². The zero-order valence-corrected chi connectivity index (χ0v) is 11.2. The average Bonchev–Trinajstić information content (AvgIpc) is 2.87. The monoisotopic (exact) mass is 271 g/mol. The van der Waals surface area contributed by atoms with E-state index >= 15 is 0 Å². The van der Waals surface area contributed by atoms with E-state index < -0.39 is 5.82 Å². The number of nitrogens with zero attached hydrogens (tertiary/aromatic N) is 2. The van der Waals surface area contributed by atoms with E-state index in [9.17, 15) is 4.39 Å². The standard InChI is InChI=1S/C11H18FN5S/c1-18-11(4-2-3-5-11)7-15-9-8(12)6-14-10(16-9)17-13/h6H,2-5,7,13H2,1H3,(H2,14,15,16,17). The van der Waals surface area contributed by atoms with Gasteiger partial charge in [-0.15, -0.1) is 0 Å². The minimum Gasteiger partial charge on any atom is -0.366 e. The van der Waals surface area contributed by atoms with Gasteiger partial charge in [0.15, 0.2) is 11.6 Å². The van der Waals surface area contributed by atoms with Gasteiger partial charge in [0.25, 0.3) is 0 Å². The van der Waals surface area contributed by atoms with Crippen molar-refractivity contribution < 1.29 is 4.39 Å². The van der Waals surface area contributed by atoms with Crippen LogP contribution < -0.4 is 16.6 Å². The quantitative estimate of drug-likeness (QED) is 0.561. The Morgan fingerprint density at radius 3 is 2.83 bits per heavy atom. The number of rotatable bonds is 5. The molecule has 5 nitrogen and oxygen atoms in total. The molecule has 100 valence electrons. The molecule has 7 heteroatoms. The van der Waals surface area contributed by atoms with Gasteiger partial charge < -0.3 is 5.32 Å². The number of hydrazine groups is 1. The molecule has 4 N–H and O–H groups in total. The van der Waals surface area contributed by atoms with E-state index in [4.69, 9.17) is 5.84 Å². The number of nitrogens with two attached hydrogens (primary N) is 1. The van der Waals surface area contributed by atoms with Crippen molar-refractivity contribution in [2.75, 3.05) is 23.5 Å². The molecule has 2 rings (SSSR count). The SMILES string of the molecule is CSC1(CNc2nc(NN)ncc2F)CCCC1. The normalized spacial score (nSPS) is 17.7. The maximum atomic E-state index is 13.5. The predicted molar refractivity (Wildman–Crippen MR) is 73.0 cm³/mol. The summed E-state index contributed by atoms with van der Waals surface area (Å²) in [5.41, 5.74) is 2.31. The van der Waals surface area contributed by atoms with Crippen LogP contribution in [0.3, 0.4) is 0 Å². The Hall–Kier alpha value is -1.08. The van der Waals surface area contributed by atoms with Gasteiger partial charge in [0, 0.05) is 11.3 Å². The summed E-state index contributed by atoms with van der Waals surface area (Å²) in [4.78, 5) is 7.68. The van der Waals surface area contributed by atoms with Crippen LogP contribution in [-0.4, -0.2) is 27.5 Å². The maximum absolute atomic E-state index is 13.5. The second-order valence-corrected chi connectivity index (χ2v) is 5.76. The van der Waals surface area contributed by atoms with Gasteiger partial charge in [-0.3, -0.25) is 5.43 Å². The van der Waals surface area contributed by atoms with Crippen LogP contribution in [0.2, 0.25) is 0 Å². The van der Waals surface area contributed by atoms with Crippen LogP contribution in [0.15, 0.2) is 6.20 Å². The van der Waals surface area contributed by atoms with E-state index in [1.165, 1.54) is 12.8 Å². The highest BCUT2D eigenvalue weighted by Gasteiger charge is 2.33. The zero-order valence-electron chi connectivity index (χ0n) is 10.4. The van der Waals surface area contributed by atoms with Gasteiger partial charge in [-0.05, 0) is 19.1 Å². The van der Waals surface area contributed by atoms with Crippen LogP contribution in [0.5, 0.6) is 0 Å². The fourth-order valence-electron chi connectivity index (χ4n) is 2.28. The topological polar surface area (TPSA) is 75.9 Å². The Bertz CT molecular complexity index is 408. The van der Waals surface area contributed by atoms with Crippen molar-refractivity contribution in [2.45, 2.75) is 30.4 Å². The highest BCUT2D eigenvalue weighted by Crippen LogP contribution is 2.40. The minimum atomic E-state index is -0.455. The number of thioether (sulfide) groups is 1. The van der Waals surface area contributed by atoms with E-state index in [2.05, 4.69) is 27.0 Å². The van der Waals surface area contributed by atoms with Crippen LogP contribution in [0.1, 0.15) is 25.7 Å². The van der Waals surface area contributed by atoms with E-state index in [-0.39, 0.29) is 16.5 Å². The Balaban J connectivity index is 2.05. The molecule has 1 saturated carbocycles. The van der Waals surface area contributed by atoms with Gasteiger partial charge in [-0.25, -0.2) is 15.2 Å². The summed E-state index contributed by atoms with van der Waals surface area (Å²) in [7, 11) is 0. The first-order valence-corrected chi connectivity index (χ1v) is 7.20. The first kappa shape index (κ1) is 13.4. The average molecular weight is 271 g/mol. The molecule has 0 atom stereocenters. The molecule has 0 radical (unpaired) electrons. The lowest BCUT2D eigenvalue weighted by atomic mass is 10.1. The van der Waals surface area contributed by atoms with Gasteiger partial charge in [0.2, 0.25) is 5.95 Å². The Labute approximate surface area is 110 Å². The number of aromatic nitrogens is 2. The summed E-state index contributed by atoms with van der Waals surface area (Å²) in [6.45, 7) is 0.714. The van der Waals surface area contributed by atoms with Gasteiger partial charge >= 0.3 is 0 Å². The molecule has 1 fully saturated rings. The summed E-state index contributed by atoms with van der Waals surface area (Å²) >= 11 is 1.85. The third-order valence-corrected chi connectivity index (χ3v) is 4.82. The van der Waals surface area contributed by atoms with Crippen LogP contribution in [-0.2, 0) is 0 Å². The number of nitrogens with one attached hydrogen (secondary N) is 2. The number of halogens is 1. The number of hydrogen-bond donors (Lipinski definition) is 3. The van der Waals surface area contributed by atoms with Crippen molar-refractivity contribution in [1.29, 1.82) is 0 Å². The zero-order chi connectivity index (χ0) is 13.0. The molecule has 1 aromatic rings. The maximum Gasteiger partial charge on any atom is 0.239 e. The van der Waals surface area contributed by atoms with Crippen molar-refractivity contribution in [2.24, 2.45) is 5.84 Å². The Kier molecular flexibility index (Phi) is 4.23. The molecule has 0 bridgehead atoms. The summed E-state index contributed by atoms with van der Waals surface area (Å²) in [6, 6.07) is 0. The molecular weight excluding hydrogens is 253 g/mol. The lowest BCUT2D eigenvalue weighted by Crippen LogP contribution is -2.30. The second-order valence-electron chi connectivity index (χ2n) is 4.48. The fraction of sp³-hybridized carbons (Fsp3) is 0.636. The number of nitrogen functional groups attached to an aromatic ring is 1. The van der Waals surface area contributed by atoms with Crippen molar-refractivity contribution in [3.8, 4) is 0 Å². The van der Waals surface area contributed by atoms with E-state index in [1.807, 2.05) is 11.8 Å². The van der Waals surface area contributed by atoms with Crippen LogP contribution >= 0.6 is 11.8 Å². The first-order chi connectivity index (χ1) is 8.69. The molecule has 0 saturated heterocycles. The predicted octanol–water partition coefficient (Wildman–Crippen LogP) is 1.99. The molecule has 0 amide bonds. The van der Waals surface area contributed by atoms with Crippen molar-refractivity contribution >= 4 is 23.5 Å². The summed E-state index contributed by atoms with van der Waals surface area (Å²) < 4.78 is 13.7. The Morgan fingerprint density at radius 1 is 1.50 bits per heavy atom. The highest BCUT2D eigenvalue weighted by molar-refractivity contribution is 8.00. The summed E-state index contributed by atoms with van der Waals surface area (Å²) in [6.07, 6.45) is 8.03. The molecule has 1 aromatic heterocycles. The van der Waals surface area contributed by atoms with E-state index in [0.717, 1.165) is 19.0 Å². The molecule has 1 aliphatic rings. The van der Waals surface area contributed by atoms with E-state index in [0.29, 0.717) is 6.54 Å². The number of hydrogen-bond acceptors (Lipinski definition) is 6. The highest BCUT2D eigenvalue weighted by atomic mass is 32.2. The van der Waals surface area contributed by atoms with Crippen molar-refractivity contribution in [3.05, 3.63) is 12.0 Å². The molecule has 1 aliphatic carbocycles. The fourth-order valence-corrected chi connectivity index (χ4v) is 3.19. The smallest absolute Gasteiger partial charge is 0.239 e. The first-order valence-electron chi connectivity index (χ1n) is 5.97. The number of anilines is 2. The molecule has 1 heterocycles. The molecule has 0 aromatic carbocycles. The summed E-state index contributed by atoms with van der Waals surface area (Å²) in [5.74, 6) is 5.17.